The van der Waals surface area contributed by atoms with Gasteiger partial charge in [-0.3, -0.25) is 0 Å². The summed E-state index contributed by atoms with van der Waals surface area (Å²) in [5.74, 6) is 5.28. The summed E-state index contributed by atoms with van der Waals surface area (Å²) in [4.78, 5) is 6.94. The van der Waals surface area contributed by atoms with Gasteiger partial charge in [0, 0.05) is 102 Å². The van der Waals surface area contributed by atoms with E-state index in [4.69, 9.17) is 14.2 Å². The van der Waals surface area contributed by atoms with E-state index < -0.39 is 0 Å². The molecule has 696 valence electrons. The van der Waals surface area contributed by atoms with Crippen LogP contribution >= 0.6 is 0 Å². The van der Waals surface area contributed by atoms with E-state index >= 15 is 0 Å². The lowest BCUT2D eigenvalue weighted by molar-refractivity contribution is 0.487. The summed E-state index contributed by atoms with van der Waals surface area (Å²) < 4.78 is 20.5. The molecule has 3 aliphatic heterocycles. The van der Waals surface area contributed by atoms with Crippen LogP contribution in [0.2, 0.25) is 0 Å². The zero-order chi connectivity index (χ0) is 98.7. The van der Waals surface area contributed by atoms with Gasteiger partial charge in [-0.2, -0.15) is 0 Å². The SMILES string of the molecule is Cc1ccc(N(c2ccc(C)cc2)c2ccc3c(c2)Oc2cccc4c(B(c5c(C)cccc5C)c5c(C)cccc5C)ccc-3c24)cc1.Cc1ccc(N(c2ccc3c(c2)Oc2cccc4c(B(c5ccccc5C)c5ccccc5C)ccc-3c24)c2ccc3ccccc3c2)cc1.c1ccc(B(c2ccccc2)c2ccc3c4c(cccc24)Oc2cc(N(c4ccccc4)c4ccc5ccccc5c4)ccc2-3)cc1. The summed E-state index contributed by atoms with van der Waals surface area (Å²) >= 11 is 0. The fourth-order valence-corrected chi connectivity index (χ4v) is 22.9. The highest BCUT2D eigenvalue weighted by molar-refractivity contribution is 6.99. The molecule has 6 nitrogen and oxygen atoms in total. The molecule has 0 aromatic heterocycles. The number of benzene rings is 23. The zero-order valence-corrected chi connectivity index (χ0v) is 83.4. The van der Waals surface area contributed by atoms with Crippen LogP contribution in [0.3, 0.4) is 0 Å². The van der Waals surface area contributed by atoms with E-state index in [1.807, 2.05) is 0 Å². The number of anilines is 9. The van der Waals surface area contributed by atoms with Gasteiger partial charge < -0.3 is 28.9 Å². The Morgan fingerprint density at radius 3 is 0.795 bits per heavy atom. The molecule has 3 aliphatic rings. The molecule has 0 saturated heterocycles. The van der Waals surface area contributed by atoms with E-state index in [1.165, 1.54) is 164 Å². The molecule has 0 unspecified atom stereocenters. The standard InChI is InChI=1S/C47H36BNO.C46H40BNO.C44H30BNO/c1-31-19-22-36(23-20-31)49(37-24-21-34-13-6-7-14-35(34)29-37)38-25-26-39-40-27-28-44(41-15-10-18-45(47(40)41)50-46(39)30-38)48(42-16-8-4-11-32(42)2)43-17-9-5-12-33(43)3;1-29-16-20-35(21-17-29)48(36-22-18-30(2)19-23-36)37-24-25-38-39-26-27-41(40-14-9-15-42(44(39)40)49-43(38)28-37)47(45-31(3)10-7-11-32(45)4)46-33(5)12-8-13-34(46)6;1-4-15-33(16-5-1)45(34-17-6-2-7-18-34)41-28-27-39-38-26-25-37(30-43(38)47-42-22-12-21-40(41)44(39)42)46(35-19-8-3-9-20-35)36-24-23-31-13-10-11-14-32(31)29-36/h4-30H,1-3H3;7-28H,1-6H3;1-30H. The molecule has 9 heteroatoms. The zero-order valence-electron chi connectivity index (χ0n) is 83.4. The molecule has 0 N–H and O–H groups in total. The van der Waals surface area contributed by atoms with E-state index in [2.05, 4.69) is 556 Å². The van der Waals surface area contributed by atoms with Gasteiger partial charge in [0.1, 0.15) is 34.5 Å². The Labute approximate surface area is 856 Å². The summed E-state index contributed by atoms with van der Waals surface area (Å²) in [5, 5.41) is 12.1. The van der Waals surface area contributed by atoms with Crippen LogP contribution in [-0.2, 0) is 0 Å². The minimum atomic E-state index is 0.0908. The van der Waals surface area contributed by atoms with Crippen molar-refractivity contribution < 1.29 is 14.2 Å². The third kappa shape index (κ3) is 16.9. The first-order chi connectivity index (χ1) is 71.6. The van der Waals surface area contributed by atoms with E-state index in [0.717, 1.165) is 108 Å². The fourth-order valence-electron chi connectivity index (χ4n) is 22.9. The molecular weight excluding hydrogens is 1770 g/mol. The van der Waals surface area contributed by atoms with Crippen LogP contribution in [0.15, 0.2) is 479 Å². The van der Waals surface area contributed by atoms with Gasteiger partial charge in [0.2, 0.25) is 20.1 Å². The Morgan fingerprint density at radius 1 is 0.164 bits per heavy atom. The molecule has 0 radical (unpaired) electrons. The molecular formula is C137H106B3N3O3. The van der Waals surface area contributed by atoms with Crippen LogP contribution in [0.5, 0.6) is 34.5 Å². The predicted octanol–water partition coefficient (Wildman–Crippen LogP) is 30.9. The number of hydrogen-bond donors (Lipinski definition) is 0. The largest absolute Gasteiger partial charge is 0.456 e. The van der Waals surface area contributed by atoms with Crippen molar-refractivity contribution in [2.24, 2.45) is 0 Å². The van der Waals surface area contributed by atoms with E-state index in [-0.39, 0.29) is 20.1 Å². The third-order valence-corrected chi connectivity index (χ3v) is 30.0. The van der Waals surface area contributed by atoms with Crippen molar-refractivity contribution >= 4 is 174 Å². The normalized spacial score (nSPS) is 11.6. The Hall–Kier alpha value is -17.6. The summed E-state index contributed by atoms with van der Waals surface area (Å²) in [6.07, 6.45) is 0. The molecule has 26 rings (SSSR count). The van der Waals surface area contributed by atoms with Gasteiger partial charge in [-0.05, 0) is 244 Å². The van der Waals surface area contributed by atoms with Gasteiger partial charge in [0.15, 0.2) is 0 Å². The van der Waals surface area contributed by atoms with E-state index in [0.29, 0.717) is 0 Å². The Balaban J connectivity index is 0.000000117. The molecule has 0 aliphatic carbocycles. The van der Waals surface area contributed by atoms with Crippen molar-refractivity contribution in [2.75, 3.05) is 14.7 Å². The number of aryl methyl sites for hydroxylation is 9. The van der Waals surface area contributed by atoms with Crippen molar-refractivity contribution in [3.05, 3.63) is 529 Å². The minimum absolute atomic E-state index is 0.0908. The quantitative estimate of drug-likeness (QED) is 0.0797. The van der Waals surface area contributed by atoms with Crippen molar-refractivity contribution in [3.63, 3.8) is 0 Å². The molecule has 3 heterocycles. The van der Waals surface area contributed by atoms with Crippen molar-refractivity contribution in [1.82, 2.24) is 0 Å². The van der Waals surface area contributed by atoms with Crippen molar-refractivity contribution in [3.8, 4) is 67.9 Å². The van der Waals surface area contributed by atoms with E-state index in [1.54, 1.807) is 0 Å². The van der Waals surface area contributed by atoms with Crippen LogP contribution < -0.4 is 78.1 Å². The lowest BCUT2D eigenvalue weighted by atomic mass is 9.33. The van der Waals surface area contributed by atoms with Crippen LogP contribution in [-0.4, -0.2) is 20.1 Å². The Bertz CT molecular complexity index is 8760. The average Bonchev–Trinajstić information content (AvgIpc) is 0.731. The van der Waals surface area contributed by atoms with E-state index in [9.17, 15) is 0 Å². The second-order valence-electron chi connectivity index (χ2n) is 39.3. The average molecular weight is 1870 g/mol. The van der Waals surface area contributed by atoms with Crippen molar-refractivity contribution in [2.45, 2.75) is 62.3 Å². The third-order valence-electron chi connectivity index (χ3n) is 30.0. The number of nitrogens with zero attached hydrogens (tertiary/aromatic N) is 3. The van der Waals surface area contributed by atoms with Gasteiger partial charge in [-0.25, -0.2) is 0 Å². The molecule has 23 aromatic rings. The number of hydrogen-bond acceptors (Lipinski definition) is 6. The highest BCUT2D eigenvalue weighted by atomic mass is 16.5. The molecule has 0 atom stereocenters. The molecule has 146 heavy (non-hydrogen) atoms. The second kappa shape index (κ2) is 38.7. The summed E-state index contributed by atoms with van der Waals surface area (Å²) in [6.45, 7) is 20.1. The predicted molar refractivity (Wildman–Crippen MR) is 623 cm³/mol. The second-order valence-corrected chi connectivity index (χ2v) is 39.3. The van der Waals surface area contributed by atoms with Gasteiger partial charge in [-0.15, -0.1) is 0 Å². The lowest BCUT2D eigenvalue weighted by Gasteiger charge is -2.29. The molecule has 23 aromatic carbocycles. The Morgan fingerprint density at radius 2 is 0.432 bits per heavy atom. The highest BCUT2D eigenvalue weighted by Crippen LogP contribution is 2.54. The molecule has 0 spiro atoms. The monoisotopic (exact) mass is 1870 g/mol. The first-order valence-electron chi connectivity index (χ1n) is 50.7. The maximum atomic E-state index is 6.87. The van der Waals surface area contributed by atoms with Crippen LogP contribution in [0.4, 0.5) is 51.2 Å². The maximum Gasteiger partial charge on any atom is 0.243 e. The maximum absolute atomic E-state index is 6.87. The number of para-hydroxylation sites is 1. The molecule has 0 amide bonds. The van der Waals surface area contributed by atoms with Gasteiger partial charge in [-0.1, -0.05) is 433 Å². The topological polar surface area (TPSA) is 37.4 Å². The summed E-state index contributed by atoms with van der Waals surface area (Å²) in [7, 11) is 0. The Kier molecular flexibility index (Phi) is 24.1. The van der Waals surface area contributed by atoms with Crippen LogP contribution in [0.1, 0.15) is 50.1 Å². The number of ether oxygens (including phenoxy) is 3. The summed E-state index contributed by atoms with van der Waals surface area (Å²) in [6, 6.07) is 173. The van der Waals surface area contributed by atoms with Gasteiger partial charge in [0.25, 0.3) is 0 Å². The molecule has 0 saturated carbocycles. The molecule has 0 bridgehead atoms. The number of fused-ring (bicyclic) bond motifs is 8. The smallest absolute Gasteiger partial charge is 0.243 e. The lowest BCUT2D eigenvalue weighted by Crippen LogP contribution is -2.56. The minimum Gasteiger partial charge on any atom is -0.456 e. The van der Waals surface area contributed by atoms with Crippen LogP contribution in [0.25, 0.3) is 87.2 Å². The first kappa shape index (κ1) is 90.9. The number of rotatable bonds is 18. The van der Waals surface area contributed by atoms with Gasteiger partial charge in [0.05, 0.1) is 0 Å². The van der Waals surface area contributed by atoms with Crippen LogP contribution in [0, 0.1) is 62.3 Å². The molecule has 0 fully saturated rings. The van der Waals surface area contributed by atoms with Crippen molar-refractivity contribution in [1.29, 1.82) is 0 Å². The van der Waals surface area contributed by atoms with Gasteiger partial charge >= 0.3 is 0 Å². The fraction of sp³-hybridized carbons (Fsp3) is 0.0657. The first-order valence-corrected chi connectivity index (χ1v) is 50.7. The summed E-state index contributed by atoms with van der Waals surface area (Å²) in [5.41, 5.74) is 40.1. The highest BCUT2D eigenvalue weighted by Gasteiger charge is 2.36.